The van der Waals surface area contributed by atoms with Gasteiger partial charge in [-0.05, 0) is 0 Å². The van der Waals surface area contributed by atoms with Gasteiger partial charge in [-0.25, -0.2) is 4.98 Å². The van der Waals surface area contributed by atoms with E-state index in [1.165, 1.54) is 10.9 Å². The lowest BCUT2D eigenvalue weighted by molar-refractivity contribution is -0.161. The number of ether oxygens (including phenoxy) is 3. The number of nitrogen functional groups attached to an aromatic ring is 1. The Labute approximate surface area is 146 Å². The predicted molar refractivity (Wildman–Crippen MR) is 87.5 cm³/mol. The molecule has 0 bridgehead atoms. The maximum Gasteiger partial charge on any atom is 0.320 e. The van der Waals surface area contributed by atoms with Crippen LogP contribution in [0.4, 0.5) is 5.95 Å². The van der Waals surface area contributed by atoms with Crippen molar-refractivity contribution in [3.8, 4) is 0 Å². The minimum Gasteiger partial charge on any atom is -0.461 e. The first-order valence-corrected chi connectivity index (χ1v) is 7.48. The summed E-state index contributed by atoms with van der Waals surface area (Å²) < 4.78 is 16.7. The molecule has 0 aliphatic carbocycles. The van der Waals surface area contributed by atoms with Crippen LogP contribution in [0.15, 0.2) is 11.1 Å². The number of carbonyl (C=O) groups is 2. The molecule has 0 fully saturated rings. The SMILES string of the molecule is NCC(=O)OCC(COCn1cnc2c(=O)[nH]c(N)nc21)OC(=O)CN. The number of nitrogens with one attached hydrogen (secondary N) is 1. The van der Waals surface area contributed by atoms with E-state index in [-0.39, 0.29) is 50.1 Å². The molecule has 2 aromatic heterocycles. The van der Waals surface area contributed by atoms with Gasteiger partial charge in [0, 0.05) is 0 Å². The van der Waals surface area contributed by atoms with E-state index in [2.05, 4.69) is 15.0 Å². The van der Waals surface area contributed by atoms with Crippen molar-refractivity contribution >= 4 is 29.1 Å². The number of hydrogen-bond donors (Lipinski definition) is 4. The summed E-state index contributed by atoms with van der Waals surface area (Å²) in [6, 6.07) is 0. The fourth-order valence-electron chi connectivity index (χ4n) is 1.94. The van der Waals surface area contributed by atoms with Crippen LogP contribution in [-0.4, -0.2) is 63.9 Å². The van der Waals surface area contributed by atoms with Crippen LogP contribution in [0.3, 0.4) is 0 Å². The number of carbonyl (C=O) groups excluding carboxylic acids is 2. The first kappa shape index (κ1) is 19.3. The number of hydrogen-bond acceptors (Lipinski definition) is 11. The molecule has 0 aliphatic heterocycles. The van der Waals surface area contributed by atoms with E-state index < -0.39 is 23.6 Å². The van der Waals surface area contributed by atoms with Gasteiger partial charge in [-0.1, -0.05) is 0 Å². The van der Waals surface area contributed by atoms with E-state index in [1.54, 1.807) is 0 Å². The molecule has 0 spiro atoms. The maximum atomic E-state index is 11.7. The molecule has 2 rings (SSSR count). The monoisotopic (exact) mass is 369 g/mol. The van der Waals surface area contributed by atoms with Crippen molar-refractivity contribution in [3.05, 3.63) is 16.7 Å². The maximum absolute atomic E-state index is 11.7. The Morgan fingerprint density at radius 3 is 2.65 bits per heavy atom. The molecule has 0 radical (unpaired) electrons. The summed E-state index contributed by atoms with van der Waals surface area (Å²) in [5.41, 5.74) is 15.7. The van der Waals surface area contributed by atoms with Crippen LogP contribution in [0.2, 0.25) is 0 Å². The minimum atomic E-state index is -0.877. The van der Waals surface area contributed by atoms with Gasteiger partial charge < -0.3 is 31.4 Å². The van der Waals surface area contributed by atoms with Crippen LogP contribution in [0, 0.1) is 0 Å². The Hall–Kier alpha value is -3.03. The highest BCUT2D eigenvalue weighted by molar-refractivity contribution is 5.72. The van der Waals surface area contributed by atoms with Crippen LogP contribution < -0.4 is 22.8 Å². The van der Waals surface area contributed by atoms with Crippen LogP contribution in [-0.2, 0) is 30.5 Å². The summed E-state index contributed by atoms with van der Waals surface area (Å²) in [7, 11) is 0. The number of nitrogens with two attached hydrogens (primary N) is 3. The summed E-state index contributed by atoms with van der Waals surface area (Å²) >= 11 is 0. The standard InChI is InChI=1S/C13H19N7O6/c14-1-8(21)25-4-7(26-9(22)2-15)3-24-6-20-5-17-10-11(20)18-13(16)19-12(10)23/h5,7H,1-4,6,14-15H2,(H3,16,18,19,23). The van der Waals surface area contributed by atoms with Crippen molar-refractivity contribution in [1.29, 1.82) is 0 Å². The molecule has 1 atom stereocenters. The van der Waals surface area contributed by atoms with Gasteiger partial charge in [0.05, 0.1) is 26.0 Å². The second kappa shape index (κ2) is 8.89. The van der Waals surface area contributed by atoms with Gasteiger partial charge in [-0.15, -0.1) is 0 Å². The molecule has 1 unspecified atom stereocenters. The first-order chi connectivity index (χ1) is 12.4. The molecule has 0 saturated heterocycles. The Morgan fingerprint density at radius 2 is 1.96 bits per heavy atom. The number of imidazole rings is 1. The molecule has 2 heterocycles. The van der Waals surface area contributed by atoms with Crippen molar-refractivity contribution in [2.75, 3.05) is 32.0 Å². The molecule has 0 amide bonds. The van der Waals surface area contributed by atoms with Crippen molar-refractivity contribution in [2.45, 2.75) is 12.8 Å². The molecule has 13 nitrogen and oxygen atoms in total. The summed E-state index contributed by atoms with van der Waals surface area (Å²) in [6.07, 6.45) is 0.472. The molecule has 26 heavy (non-hydrogen) atoms. The average molecular weight is 369 g/mol. The van der Waals surface area contributed by atoms with Gasteiger partial charge in [0.15, 0.2) is 17.3 Å². The Kier molecular flexibility index (Phi) is 6.60. The van der Waals surface area contributed by atoms with E-state index in [9.17, 15) is 14.4 Å². The van der Waals surface area contributed by atoms with Crippen LogP contribution in [0.25, 0.3) is 11.2 Å². The molecule has 2 aromatic rings. The van der Waals surface area contributed by atoms with Gasteiger partial charge in [0.1, 0.15) is 13.3 Å². The van der Waals surface area contributed by atoms with Crippen LogP contribution in [0.1, 0.15) is 0 Å². The fraction of sp³-hybridized carbons (Fsp3) is 0.462. The van der Waals surface area contributed by atoms with E-state index in [0.717, 1.165) is 0 Å². The smallest absolute Gasteiger partial charge is 0.320 e. The second-order valence-electron chi connectivity index (χ2n) is 5.04. The number of anilines is 1. The van der Waals surface area contributed by atoms with Crippen molar-refractivity contribution in [2.24, 2.45) is 11.5 Å². The summed E-state index contributed by atoms with van der Waals surface area (Å²) in [4.78, 5) is 44.4. The number of rotatable bonds is 9. The van der Waals surface area contributed by atoms with Gasteiger partial charge in [0.2, 0.25) is 5.95 Å². The highest BCUT2D eigenvalue weighted by Gasteiger charge is 2.17. The number of H-pyrrole nitrogens is 1. The molecular weight excluding hydrogens is 350 g/mol. The van der Waals surface area contributed by atoms with Crippen LogP contribution >= 0.6 is 0 Å². The molecule has 0 aromatic carbocycles. The zero-order valence-corrected chi connectivity index (χ0v) is 13.7. The lowest BCUT2D eigenvalue weighted by Gasteiger charge is -2.17. The van der Waals surface area contributed by atoms with E-state index in [4.69, 9.17) is 31.4 Å². The Morgan fingerprint density at radius 1 is 1.23 bits per heavy atom. The van der Waals surface area contributed by atoms with Crippen molar-refractivity contribution in [3.63, 3.8) is 0 Å². The third-order valence-electron chi connectivity index (χ3n) is 3.09. The average Bonchev–Trinajstić information content (AvgIpc) is 3.02. The summed E-state index contributed by atoms with van der Waals surface area (Å²) in [5.74, 6) is -1.40. The number of aromatic amines is 1. The fourth-order valence-corrected chi connectivity index (χ4v) is 1.94. The number of fused-ring (bicyclic) bond motifs is 1. The zero-order valence-electron chi connectivity index (χ0n) is 13.7. The van der Waals surface area contributed by atoms with Crippen LogP contribution in [0.5, 0.6) is 0 Å². The molecule has 7 N–H and O–H groups in total. The van der Waals surface area contributed by atoms with Gasteiger partial charge in [-0.2, -0.15) is 4.98 Å². The van der Waals surface area contributed by atoms with E-state index in [1.807, 2.05) is 0 Å². The van der Waals surface area contributed by atoms with E-state index >= 15 is 0 Å². The Bertz CT molecular complexity index is 832. The molecule has 0 saturated carbocycles. The third kappa shape index (κ3) is 4.98. The molecule has 0 aliphatic rings. The topological polar surface area (TPSA) is 203 Å². The lowest BCUT2D eigenvalue weighted by Crippen LogP contribution is -2.33. The quantitative estimate of drug-likeness (QED) is 0.329. The number of aromatic nitrogens is 4. The minimum absolute atomic E-state index is 0.0616. The number of nitrogens with zero attached hydrogens (tertiary/aromatic N) is 3. The highest BCUT2D eigenvalue weighted by Crippen LogP contribution is 2.07. The zero-order chi connectivity index (χ0) is 19.1. The molecule has 13 heteroatoms. The van der Waals surface area contributed by atoms with Gasteiger partial charge >= 0.3 is 11.9 Å². The van der Waals surface area contributed by atoms with Crippen molar-refractivity contribution in [1.82, 2.24) is 19.5 Å². The number of esters is 2. The van der Waals surface area contributed by atoms with E-state index in [0.29, 0.717) is 0 Å². The summed E-state index contributed by atoms with van der Waals surface area (Å²) in [5, 5.41) is 0. The Balaban J connectivity index is 1.98. The second-order valence-corrected chi connectivity index (χ2v) is 5.04. The normalized spacial score (nSPS) is 12.1. The lowest BCUT2D eigenvalue weighted by atomic mass is 10.4. The third-order valence-corrected chi connectivity index (χ3v) is 3.09. The molecule has 142 valence electrons. The van der Waals surface area contributed by atoms with Gasteiger partial charge in [0.25, 0.3) is 5.56 Å². The predicted octanol–water partition coefficient (Wildman–Crippen LogP) is -2.95. The molecular formula is C13H19N7O6. The highest BCUT2D eigenvalue weighted by atomic mass is 16.6. The largest absolute Gasteiger partial charge is 0.461 e. The van der Waals surface area contributed by atoms with Gasteiger partial charge in [-0.3, -0.25) is 23.9 Å². The summed E-state index contributed by atoms with van der Waals surface area (Å²) in [6.45, 7) is -1.05. The van der Waals surface area contributed by atoms with Crippen molar-refractivity contribution < 1.29 is 23.8 Å². The first-order valence-electron chi connectivity index (χ1n) is 7.48.